The van der Waals surface area contributed by atoms with E-state index < -0.39 is 12.2 Å². The van der Waals surface area contributed by atoms with Crippen LogP contribution in [0.5, 0.6) is 0 Å². The monoisotopic (exact) mass is 186 g/mol. The first-order valence-corrected chi connectivity index (χ1v) is 4.12. The fourth-order valence-corrected chi connectivity index (χ4v) is 1.70. The minimum absolute atomic E-state index is 0.0110. The molecule has 13 heavy (non-hydrogen) atoms. The molecule has 0 spiro atoms. The summed E-state index contributed by atoms with van der Waals surface area (Å²) < 4.78 is 4.89. The van der Waals surface area contributed by atoms with Gasteiger partial charge in [0.25, 0.3) is 0 Å². The van der Waals surface area contributed by atoms with Gasteiger partial charge in [-0.3, -0.25) is 0 Å². The van der Waals surface area contributed by atoms with Gasteiger partial charge in [-0.25, -0.2) is 9.59 Å². The molecule has 6 heteroatoms. The number of carbonyl (C=O) groups is 2. The number of rotatable bonds is 0. The average molecular weight is 186 g/mol. The molecule has 0 aromatic rings. The first-order valence-electron chi connectivity index (χ1n) is 4.12. The summed E-state index contributed by atoms with van der Waals surface area (Å²) in [7, 11) is 0. The third-order valence-electron chi connectivity index (χ3n) is 2.39. The van der Waals surface area contributed by atoms with Crippen molar-refractivity contribution in [2.45, 2.75) is 18.6 Å². The molecule has 0 aromatic carbocycles. The number of fused-ring (bicyclic) bond motifs is 1. The second-order valence-corrected chi connectivity index (χ2v) is 3.21. The molecule has 0 radical (unpaired) electrons. The van der Waals surface area contributed by atoms with Crippen LogP contribution in [0.3, 0.4) is 0 Å². The maximum atomic E-state index is 10.8. The highest BCUT2D eigenvalue weighted by Gasteiger charge is 2.39. The smallest absolute Gasteiger partial charge is 0.407 e. The van der Waals surface area contributed by atoms with Crippen molar-refractivity contribution < 1.29 is 19.4 Å². The van der Waals surface area contributed by atoms with Crippen molar-refractivity contribution in [1.82, 2.24) is 10.2 Å². The maximum absolute atomic E-state index is 10.8. The number of hydrogen-bond donors (Lipinski definition) is 2. The van der Waals surface area contributed by atoms with Gasteiger partial charge in [-0.05, 0) is 6.42 Å². The molecular weight excluding hydrogens is 176 g/mol. The van der Waals surface area contributed by atoms with Gasteiger partial charge >= 0.3 is 12.2 Å². The molecule has 2 aliphatic rings. The Morgan fingerprint density at radius 1 is 1.69 bits per heavy atom. The number of nitrogens with zero attached hydrogens (tertiary/aromatic N) is 1. The third-order valence-corrected chi connectivity index (χ3v) is 2.39. The average Bonchev–Trinajstić information content (AvgIpc) is 2.42. The molecule has 2 aliphatic heterocycles. The highest BCUT2D eigenvalue weighted by atomic mass is 16.6. The van der Waals surface area contributed by atoms with Crippen LogP contribution >= 0.6 is 0 Å². The molecule has 0 unspecified atom stereocenters. The Kier molecular flexibility index (Phi) is 1.75. The van der Waals surface area contributed by atoms with Crippen molar-refractivity contribution in [3.63, 3.8) is 0 Å². The Hall–Kier alpha value is -1.46. The van der Waals surface area contributed by atoms with Gasteiger partial charge in [0.15, 0.2) is 0 Å². The van der Waals surface area contributed by atoms with E-state index in [-0.39, 0.29) is 18.7 Å². The molecule has 2 saturated heterocycles. The summed E-state index contributed by atoms with van der Waals surface area (Å²) in [5.74, 6) is 0. The molecule has 0 aliphatic carbocycles. The van der Waals surface area contributed by atoms with E-state index >= 15 is 0 Å². The summed E-state index contributed by atoms with van der Waals surface area (Å²) >= 11 is 0. The molecule has 72 valence electrons. The standard InChI is InChI=1S/C7H10N2O4/c10-6-8-4-1-2-9(7(11)12)3-5(4)13-6/h4-5H,1-3H2,(H,8,10)(H,11,12)/t4-,5-/m1/s1. The number of hydrogen-bond acceptors (Lipinski definition) is 3. The molecular formula is C7H10N2O4. The van der Waals surface area contributed by atoms with Gasteiger partial charge in [-0.1, -0.05) is 0 Å². The predicted octanol–water partition coefficient (Wildman–Crippen LogP) is -0.153. The van der Waals surface area contributed by atoms with E-state index in [9.17, 15) is 9.59 Å². The summed E-state index contributed by atoms with van der Waals surface area (Å²) in [4.78, 5) is 22.6. The number of carboxylic acid groups (broad SMARTS) is 1. The zero-order chi connectivity index (χ0) is 9.42. The summed E-state index contributed by atoms with van der Waals surface area (Å²) in [6.07, 6.45) is -1.08. The summed E-state index contributed by atoms with van der Waals surface area (Å²) in [5.41, 5.74) is 0. The van der Waals surface area contributed by atoms with Gasteiger partial charge in [0.1, 0.15) is 6.10 Å². The van der Waals surface area contributed by atoms with E-state index in [1.165, 1.54) is 4.90 Å². The fourth-order valence-electron chi connectivity index (χ4n) is 1.70. The molecule has 2 atom stereocenters. The lowest BCUT2D eigenvalue weighted by Gasteiger charge is -2.30. The second kappa shape index (κ2) is 2.79. The molecule has 0 saturated carbocycles. The van der Waals surface area contributed by atoms with E-state index in [1.54, 1.807) is 0 Å². The number of nitrogens with one attached hydrogen (secondary N) is 1. The van der Waals surface area contributed by atoms with Crippen LogP contribution in [0.4, 0.5) is 9.59 Å². The summed E-state index contributed by atoms with van der Waals surface area (Å²) in [6.45, 7) is 0.735. The van der Waals surface area contributed by atoms with Gasteiger partial charge in [0.2, 0.25) is 0 Å². The van der Waals surface area contributed by atoms with Crippen molar-refractivity contribution in [2.24, 2.45) is 0 Å². The number of carbonyl (C=O) groups excluding carboxylic acids is 1. The Labute approximate surface area is 74.5 Å². The first-order chi connectivity index (χ1) is 6.16. The van der Waals surface area contributed by atoms with Crippen LogP contribution in [0.2, 0.25) is 0 Å². The van der Waals surface area contributed by atoms with Crippen molar-refractivity contribution in [3.05, 3.63) is 0 Å². The van der Waals surface area contributed by atoms with Gasteiger partial charge < -0.3 is 20.1 Å². The highest BCUT2D eigenvalue weighted by Crippen LogP contribution is 2.18. The van der Waals surface area contributed by atoms with Crippen LogP contribution in [-0.4, -0.2) is 47.4 Å². The van der Waals surface area contributed by atoms with E-state index in [1.807, 2.05) is 0 Å². The van der Waals surface area contributed by atoms with Crippen LogP contribution in [0.15, 0.2) is 0 Å². The molecule has 2 N–H and O–H groups in total. The van der Waals surface area contributed by atoms with Crippen LogP contribution in [0.1, 0.15) is 6.42 Å². The zero-order valence-electron chi connectivity index (χ0n) is 6.90. The Bertz CT molecular complexity index is 255. The highest BCUT2D eigenvalue weighted by molar-refractivity contribution is 5.71. The number of ether oxygens (including phenoxy) is 1. The fraction of sp³-hybridized carbons (Fsp3) is 0.714. The summed E-state index contributed by atoms with van der Waals surface area (Å²) in [6, 6.07) is -0.0110. The van der Waals surface area contributed by atoms with Crippen molar-refractivity contribution in [1.29, 1.82) is 0 Å². The molecule has 2 amide bonds. The van der Waals surface area contributed by atoms with Crippen LogP contribution in [0.25, 0.3) is 0 Å². The molecule has 0 bridgehead atoms. The molecule has 0 aromatic heterocycles. The number of alkyl carbamates (subject to hydrolysis) is 1. The van der Waals surface area contributed by atoms with Gasteiger partial charge in [-0.15, -0.1) is 0 Å². The van der Waals surface area contributed by atoms with Gasteiger partial charge in [0, 0.05) is 6.54 Å². The lowest BCUT2D eigenvalue weighted by Crippen LogP contribution is -2.49. The zero-order valence-corrected chi connectivity index (χ0v) is 6.90. The lowest BCUT2D eigenvalue weighted by molar-refractivity contribution is 0.0659. The number of piperidine rings is 1. The van der Waals surface area contributed by atoms with Gasteiger partial charge in [0.05, 0.1) is 12.6 Å². The van der Waals surface area contributed by atoms with Crippen molar-refractivity contribution in [2.75, 3.05) is 13.1 Å². The summed E-state index contributed by atoms with van der Waals surface area (Å²) in [5, 5.41) is 11.3. The minimum Gasteiger partial charge on any atom is -0.465 e. The molecule has 2 rings (SSSR count). The predicted molar refractivity (Wildman–Crippen MR) is 41.4 cm³/mol. The van der Waals surface area contributed by atoms with Crippen LogP contribution < -0.4 is 5.32 Å². The Balaban J connectivity index is 2.01. The van der Waals surface area contributed by atoms with E-state index in [4.69, 9.17) is 9.84 Å². The number of amides is 2. The molecule has 2 heterocycles. The molecule has 2 fully saturated rings. The SMILES string of the molecule is O=C1N[C@@H]2CCN(C(=O)O)C[C@H]2O1. The first kappa shape index (κ1) is 8.15. The van der Waals surface area contributed by atoms with E-state index in [0.717, 1.165) is 0 Å². The topological polar surface area (TPSA) is 78.9 Å². The van der Waals surface area contributed by atoms with E-state index in [0.29, 0.717) is 13.0 Å². The van der Waals surface area contributed by atoms with E-state index in [2.05, 4.69) is 5.32 Å². The Morgan fingerprint density at radius 2 is 2.46 bits per heavy atom. The molecule has 6 nitrogen and oxygen atoms in total. The minimum atomic E-state index is -0.957. The quantitative estimate of drug-likeness (QED) is 0.551. The van der Waals surface area contributed by atoms with Crippen molar-refractivity contribution >= 4 is 12.2 Å². The third kappa shape index (κ3) is 1.39. The van der Waals surface area contributed by atoms with Crippen molar-refractivity contribution in [3.8, 4) is 0 Å². The Morgan fingerprint density at radius 3 is 3.15 bits per heavy atom. The maximum Gasteiger partial charge on any atom is 0.407 e. The normalized spacial score (nSPS) is 32.0. The largest absolute Gasteiger partial charge is 0.465 e. The van der Waals surface area contributed by atoms with Gasteiger partial charge in [-0.2, -0.15) is 0 Å². The lowest BCUT2D eigenvalue weighted by atomic mass is 10.0. The van der Waals surface area contributed by atoms with Crippen LogP contribution in [-0.2, 0) is 4.74 Å². The van der Waals surface area contributed by atoms with Crippen LogP contribution in [0, 0.1) is 0 Å². The second-order valence-electron chi connectivity index (χ2n) is 3.21. The number of likely N-dealkylation sites (tertiary alicyclic amines) is 1.